The molecule has 2 atom stereocenters. The molecule has 0 aliphatic carbocycles. The third kappa shape index (κ3) is 4.90. The van der Waals surface area contributed by atoms with Crippen LogP contribution in [0.2, 0.25) is 0 Å². The molecule has 2 saturated heterocycles. The Morgan fingerprint density at radius 3 is 2.54 bits per heavy atom. The largest absolute Gasteiger partial charge is 0.394 e. The van der Waals surface area contributed by atoms with Gasteiger partial charge >= 0.3 is 0 Å². The van der Waals surface area contributed by atoms with E-state index < -0.39 is 6.04 Å². The molecule has 0 saturated carbocycles. The van der Waals surface area contributed by atoms with E-state index in [0.717, 1.165) is 24.1 Å². The number of hydrogen-bond donors (Lipinski definition) is 2. The van der Waals surface area contributed by atoms with Gasteiger partial charge in [-0.15, -0.1) is 0 Å². The molecule has 0 spiro atoms. The number of hydrogen-bond acceptors (Lipinski definition) is 5. The molecule has 28 heavy (non-hydrogen) atoms. The van der Waals surface area contributed by atoms with Gasteiger partial charge in [0.2, 0.25) is 11.8 Å². The summed E-state index contributed by atoms with van der Waals surface area (Å²) in [5.74, 6) is 0.222. The summed E-state index contributed by atoms with van der Waals surface area (Å²) < 4.78 is 11.1. The summed E-state index contributed by atoms with van der Waals surface area (Å²) in [6.45, 7) is 5.78. The second kappa shape index (κ2) is 9.49. The summed E-state index contributed by atoms with van der Waals surface area (Å²) in [6.07, 6.45) is 1.11. The molecule has 2 aliphatic rings. The standard InChI is InChI=1S/C21H30N2O5/c1-14(2)11-23-18(12-24)20(28-13-19(23)25)15-3-5-17(6-4-15)22-21(26)16-7-9-27-10-8-16/h3-6,14,16,18,20,24H,7-13H2,1-2H3,(H,22,26)/t18-,20-/m1/s1. The Labute approximate surface area is 166 Å². The van der Waals surface area contributed by atoms with E-state index in [-0.39, 0.29) is 37.0 Å². The second-order valence-electron chi connectivity index (χ2n) is 7.92. The van der Waals surface area contributed by atoms with Crippen molar-refractivity contribution in [1.82, 2.24) is 4.90 Å². The first-order chi connectivity index (χ1) is 13.5. The molecule has 0 radical (unpaired) electrons. The Kier molecular flexibility index (Phi) is 7.04. The lowest BCUT2D eigenvalue weighted by Crippen LogP contribution is -2.53. The molecule has 1 aromatic rings. The number of ether oxygens (including phenoxy) is 2. The fourth-order valence-corrected chi connectivity index (χ4v) is 3.81. The molecule has 0 aromatic heterocycles. The molecule has 2 N–H and O–H groups in total. The van der Waals surface area contributed by atoms with Crippen LogP contribution in [0.1, 0.15) is 38.4 Å². The molecule has 0 bridgehead atoms. The molecule has 7 nitrogen and oxygen atoms in total. The number of nitrogens with one attached hydrogen (secondary N) is 1. The van der Waals surface area contributed by atoms with E-state index in [1.807, 2.05) is 38.1 Å². The van der Waals surface area contributed by atoms with Gasteiger partial charge < -0.3 is 24.8 Å². The van der Waals surface area contributed by atoms with Gasteiger partial charge in [0, 0.05) is 31.4 Å². The Hall–Kier alpha value is -1.96. The predicted molar refractivity (Wildman–Crippen MR) is 105 cm³/mol. The van der Waals surface area contributed by atoms with E-state index in [4.69, 9.17) is 9.47 Å². The minimum Gasteiger partial charge on any atom is -0.394 e. The number of morpholine rings is 1. The summed E-state index contributed by atoms with van der Waals surface area (Å²) in [6, 6.07) is 7.04. The lowest BCUT2D eigenvalue weighted by molar-refractivity contribution is -0.161. The molecular formula is C21H30N2O5. The smallest absolute Gasteiger partial charge is 0.249 e. The number of aliphatic hydroxyl groups excluding tert-OH is 1. The van der Waals surface area contributed by atoms with Crippen LogP contribution in [0.25, 0.3) is 0 Å². The SMILES string of the molecule is CC(C)CN1C(=O)CO[C@H](c2ccc(NC(=O)C3CCOCC3)cc2)[C@H]1CO. The van der Waals surface area contributed by atoms with Crippen molar-refractivity contribution in [3.05, 3.63) is 29.8 Å². The summed E-state index contributed by atoms with van der Waals surface area (Å²) in [4.78, 5) is 26.3. The number of carbonyl (C=O) groups is 2. The van der Waals surface area contributed by atoms with E-state index in [9.17, 15) is 14.7 Å². The minimum atomic E-state index is -0.411. The maximum Gasteiger partial charge on any atom is 0.249 e. The van der Waals surface area contributed by atoms with Gasteiger partial charge in [-0.2, -0.15) is 0 Å². The molecule has 0 unspecified atom stereocenters. The molecule has 2 fully saturated rings. The average molecular weight is 390 g/mol. The van der Waals surface area contributed by atoms with Crippen molar-refractivity contribution in [3.8, 4) is 0 Å². The number of nitrogens with zero attached hydrogens (tertiary/aromatic N) is 1. The van der Waals surface area contributed by atoms with Gasteiger partial charge in [0.25, 0.3) is 0 Å². The number of aliphatic hydroxyl groups is 1. The van der Waals surface area contributed by atoms with Gasteiger partial charge in [-0.25, -0.2) is 0 Å². The molecule has 2 aliphatic heterocycles. The Morgan fingerprint density at radius 1 is 1.25 bits per heavy atom. The number of carbonyl (C=O) groups excluding carboxylic acids is 2. The number of amides is 2. The third-order valence-electron chi connectivity index (χ3n) is 5.30. The number of anilines is 1. The van der Waals surface area contributed by atoms with Gasteiger partial charge in [-0.3, -0.25) is 9.59 Å². The fourth-order valence-electron chi connectivity index (χ4n) is 3.81. The fraction of sp³-hybridized carbons (Fsp3) is 0.619. The van der Waals surface area contributed by atoms with Crippen molar-refractivity contribution >= 4 is 17.5 Å². The maximum atomic E-state index is 12.4. The van der Waals surface area contributed by atoms with Crippen LogP contribution in [-0.2, 0) is 19.1 Å². The molecule has 3 rings (SSSR count). The van der Waals surface area contributed by atoms with Crippen LogP contribution in [0.5, 0.6) is 0 Å². The highest BCUT2D eigenvalue weighted by molar-refractivity contribution is 5.92. The maximum absolute atomic E-state index is 12.4. The topological polar surface area (TPSA) is 88.1 Å². The minimum absolute atomic E-state index is 0.00974. The molecular weight excluding hydrogens is 360 g/mol. The van der Waals surface area contributed by atoms with Crippen LogP contribution in [0.4, 0.5) is 5.69 Å². The highest BCUT2D eigenvalue weighted by atomic mass is 16.5. The normalized spacial score (nSPS) is 23.9. The van der Waals surface area contributed by atoms with Crippen molar-refractivity contribution in [3.63, 3.8) is 0 Å². The highest BCUT2D eigenvalue weighted by Crippen LogP contribution is 2.30. The van der Waals surface area contributed by atoms with Crippen molar-refractivity contribution in [2.24, 2.45) is 11.8 Å². The summed E-state index contributed by atoms with van der Waals surface area (Å²) in [5.41, 5.74) is 1.61. The Balaban J connectivity index is 1.67. The second-order valence-corrected chi connectivity index (χ2v) is 7.92. The zero-order chi connectivity index (χ0) is 20.1. The zero-order valence-electron chi connectivity index (χ0n) is 16.6. The summed E-state index contributed by atoms with van der Waals surface area (Å²) in [5, 5.41) is 12.9. The lowest BCUT2D eigenvalue weighted by Gasteiger charge is -2.41. The molecule has 1 aromatic carbocycles. The van der Waals surface area contributed by atoms with Crippen molar-refractivity contribution in [2.45, 2.75) is 38.8 Å². The van der Waals surface area contributed by atoms with E-state index in [1.54, 1.807) is 4.90 Å². The van der Waals surface area contributed by atoms with Crippen LogP contribution >= 0.6 is 0 Å². The van der Waals surface area contributed by atoms with Crippen LogP contribution in [0.15, 0.2) is 24.3 Å². The van der Waals surface area contributed by atoms with Gasteiger partial charge in [0.05, 0.1) is 12.6 Å². The summed E-state index contributed by atoms with van der Waals surface area (Å²) in [7, 11) is 0. The van der Waals surface area contributed by atoms with Crippen molar-refractivity contribution < 1.29 is 24.2 Å². The van der Waals surface area contributed by atoms with Crippen LogP contribution in [-0.4, -0.2) is 60.8 Å². The lowest BCUT2D eigenvalue weighted by atomic mass is 9.97. The zero-order valence-corrected chi connectivity index (χ0v) is 16.6. The van der Waals surface area contributed by atoms with E-state index in [2.05, 4.69) is 5.32 Å². The van der Waals surface area contributed by atoms with E-state index in [1.165, 1.54) is 0 Å². The monoisotopic (exact) mass is 390 g/mol. The van der Waals surface area contributed by atoms with E-state index >= 15 is 0 Å². The van der Waals surface area contributed by atoms with Gasteiger partial charge in [-0.1, -0.05) is 26.0 Å². The Morgan fingerprint density at radius 2 is 1.93 bits per heavy atom. The predicted octanol–water partition coefficient (Wildman–Crippen LogP) is 1.97. The quantitative estimate of drug-likeness (QED) is 0.775. The third-order valence-corrected chi connectivity index (χ3v) is 5.30. The number of rotatable bonds is 6. The van der Waals surface area contributed by atoms with E-state index in [0.29, 0.717) is 25.7 Å². The molecule has 7 heteroatoms. The Bertz CT molecular complexity index is 670. The van der Waals surface area contributed by atoms with Crippen LogP contribution in [0.3, 0.4) is 0 Å². The first-order valence-corrected chi connectivity index (χ1v) is 10.00. The highest BCUT2D eigenvalue weighted by Gasteiger charge is 2.37. The molecule has 154 valence electrons. The average Bonchev–Trinajstić information content (AvgIpc) is 2.70. The molecule has 2 heterocycles. The van der Waals surface area contributed by atoms with Gasteiger partial charge in [0.1, 0.15) is 12.7 Å². The first kappa shape index (κ1) is 20.8. The number of benzene rings is 1. The van der Waals surface area contributed by atoms with Gasteiger partial charge in [-0.05, 0) is 36.5 Å². The molecule has 2 amide bonds. The van der Waals surface area contributed by atoms with Crippen molar-refractivity contribution in [1.29, 1.82) is 0 Å². The van der Waals surface area contributed by atoms with Crippen molar-refractivity contribution in [2.75, 3.05) is 38.3 Å². The van der Waals surface area contributed by atoms with Crippen LogP contribution < -0.4 is 5.32 Å². The van der Waals surface area contributed by atoms with Crippen LogP contribution in [0, 0.1) is 11.8 Å². The first-order valence-electron chi connectivity index (χ1n) is 10.00. The van der Waals surface area contributed by atoms with Gasteiger partial charge in [0.15, 0.2) is 0 Å². The summed E-state index contributed by atoms with van der Waals surface area (Å²) >= 11 is 0.